The Labute approximate surface area is 116 Å². The summed E-state index contributed by atoms with van der Waals surface area (Å²) in [7, 11) is 0. The van der Waals surface area contributed by atoms with Gasteiger partial charge in [0.2, 0.25) is 5.91 Å². The van der Waals surface area contributed by atoms with E-state index in [1.54, 1.807) is 11.3 Å². The maximum absolute atomic E-state index is 11.7. The summed E-state index contributed by atoms with van der Waals surface area (Å²) in [4.78, 5) is 16.0. The lowest BCUT2D eigenvalue weighted by Crippen LogP contribution is -2.22. The van der Waals surface area contributed by atoms with Crippen LogP contribution in [0.1, 0.15) is 22.7 Å². The molecule has 4 nitrogen and oxygen atoms in total. The van der Waals surface area contributed by atoms with Crippen LogP contribution in [0.2, 0.25) is 0 Å². The van der Waals surface area contributed by atoms with E-state index in [4.69, 9.17) is 5.73 Å². The van der Waals surface area contributed by atoms with E-state index < -0.39 is 0 Å². The van der Waals surface area contributed by atoms with E-state index in [0.29, 0.717) is 13.0 Å². The number of anilines is 1. The fourth-order valence-electron chi connectivity index (χ4n) is 1.69. The van der Waals surface area contributed by atoms with Crippen LogP contribution in [0, 0.1) is 6.92 Å². The molecule has 0 spiro atoms. The monoisotopic (exact) mass is 275 g/mol. The number of rotatable bonds is 5. The molecule has 0 unspecified atom stereocenters. The van der Waals surface area contributed by atoms with Gasteiger partial charge in [0, 0.05) is 23.2 Å². The van der Waals surface area contributed by atoms with E-state index in [-0.39, 0.29) is 5.91 Å². The third kappa shape index (κ3) is 4.37. The predicted molar refractivity (Wildman–Crippen MR) is 77.9 cm³/mol. The van der Waals surface area contributed by atoms with Gasteiger partial charge in [-0.3, -0.25) is 4.79 Å². The molecule has 1 aromatic heterocycles. The first-order valence-electron chi connectivity index (χ1n) is 6.15. The van der Waals surface area contributed by atoms with Crippen LogP contribution < -0.4 is 11.1 Å². The summed E-state index contributed by atoms with van der Waals surface area (Å²) in [5, 5.41) is 5.80. The number of nitrogens with one attached hydrogen (secondary N) is 1. The molecule has 3 N–H and O–H groups in total. The molecule has 1 amide bonds. The molecule has 19 heavy (non-hydrogen) atoms. The summed E-state index contributed by atoms with van der Waals surface area (Å²) >= 11 is 1.57. The number of hydrogen-bond acceptors (Lipinski definition) is 4. The topological polar surface area (TPSA) is 68.0 Å². The number of carbonyl (C=O) groups excluding carboxylic acids is 1. The van der Waals surface area contributed by atoms with Crippen LogP contribution in [-0.4, -0.2) is 10.9 Å². The predicted octanol–water partition coefficient (Wildman–Crippen LogP) is 2.28. The minimum Gasteiger partial charge on any atom is -0.399 e. The zero-order valence-corrected chi connectivity index (χ0v) is 11.7. The second-order valence-electron chi connectivity index (χ2n) is 4.40. The molecule has 1 heterocycles. The molecule has 0 aliphatic carbocycles. The first-order valence-corrected chi connectivity index (χ1v) is 7.03. The number of nitrogens with zero attached hydrogens (tertiary/aromatic N) is 1. The normalized spacial score (nSPS) is 10.4. The lowest BCUT2D eigenvalue weighted by Gasteiger charge is -2.04. The smallest absolute Gasteiger partial charge is 0.220 e. The first kappa shape index (κ1) is 13.5. The Morgan fingerprint density at radius 1 is 1.37 bits per heavy atom. The van der Waals surface area contributed by atoms with Gasteiger partial charge >= 0.3 is 0 Å². The molecule has 0 radical (unpaired) electrons. The van der Waals surface area contributed by atoms with Gasteiger partial charge in [0.1, 0.15) is 5.01 Å². The zero-order chi connectivity index (χ0) is 13.7. The number of nitrogen functional groups attached to an aromatic ring is 1. The van der Waals surface area contributed by atoms with Gasteiger partial charge in [-0.05, 0) is 31.0 Å². The highest BCUT2D eigenvalue weighted by atomic mass is 32.1. The SMILES string of the molecule is Cc1csc(CNC(=O)CCc2ccc(N)cc2)n1. The fourth-order valence-corrected chi connectivity index (χ4v) is 2.40. The Balaban J connectivity index is 1.74. The van der Waals surface area contributed by atoms with Crippen LogP contribution in [0.3, 0.4) is 0 Å². The Kier molecular flexibility index (Phi) is 4.52. The Bertz CT molecular complexity index is 548. The number of amides is 1. The van der Waals surface area contributed by atoms with E-state index in [1.807, 2.05) is 36.6 Å². The zero-order valence-electron chi connectivity index (χ0n) is 10.8. The maximum atomic E-state index is 11.7. The van der Waals surface area contributed by atoms with E-state index >= 15 is 0 Å². The summed E-state index contributed by atoms with van der Waals surface area (Å²) in [5.41, 5.74) is 8.47. The van der Waals surface area contributed by atoms with Crippen molar-refractivity contribution in [2.45, 2.75) is 26.3 Å². The van der Waals surface area contributed by atoms with E-state index in [1.165, 1.54) is 0 Å². The summed E-state index contributed by atoms with van der Waals surface area (Å²) < 4.78 is 0. The van der Waals surface area contributed by atoms with E-state index in [9.17, 15) is 4.79 Å². The van der Waals surface area contributed by atoms with Gasteiger partial charge in [-0.15, -0.1) is 11.3 Å². The molecule has 0 aliphatic rings. The van der Waals surface area contributed by atoms with Crippen molar-refractivity contribution in [1.29, 1.82) is 0 Å². The fraction of sp³-hybridized carbons (Fsp3) is 0.286. The van der Waals surface area contributed by atoms with Crippen molar-refractivity contribution in [3.8, 4) is 0 Å². The molecular formula is C14H17N3OS. The van der Waals surface area contributed by atoms with Crippen molar-refractivity contribution in [2.24, 2.45) is 0 Å². The average molecular weight is 275 g/mol. The number of hydrogen-bond donors (Lipinski definition) is 2. The summed E-state index contributed by atoms with van der Waals surface area (Å²) in [6, 6.07) is 7.61. The quantitative estimate of drug-likeness (QED) is 0.823. The second kappa shape index (κ2) is 6.33. The first-order chi connectivity index (χ1) is 9.13. The number of benzene rings is 1. The molecule has 0 saturated heterocycles. The van der Waals surface area contributed by atoms with Crippen LogP contribution >= 0.6 is 11.3 Å². The Morgan fingerprint density at radius 3 is 2.74 bits per heavy atom. The minimum absolute atomic E-state index is 0.0460. The highest BCUT2D eigenvalue weighted by Gasteiger charge is 2.04. The van der Waals surface area contributed by atoms with Crippen LogP contribution in [0.25, 0.3) is 0 Å². The molecule has 100 valence electrons. The van der Waals surface area contributed by atoms with E-state index in [0.717, 1.165) is 28.4 Å². The van der Waals surface area contributed by atoms with Crippen LogP contribution in [-0.2, 0) is 17.8 Å². The Morgan fingerprint density at radius 2 is 2.11 bits per heavy atom. The summed E-state index contributed by atoms with van der Waals surface area (Å²) in [5.74, 6) is 0.0460. The lowest BCUT2D eigenvalue weighted by atomic mass is 10.1. The lowest BCUT2D eigenvalue weighted by molar-refractivity contribution is -0.121. The molecule has 0 aliphatic heterocycles. The van der Waals surface area contributed by atoms with Crippen LogP contribution in [0.15, 0.2) is 29.6 Å². The largest absolute Gasteiger partial charge is 0.399 e. The summed E-state index contributed by atoms with van der Waals surface area (Å²) in [6.07, 6.45) is 1.21. The van der Waals surface area contributed by atoms with Gasteiger partial charge in [0.25, 0.3) is 0 Å². The average Bonchev–Trinajstić information content (AvgIpc) is 2.81. The highest BCUT2D eigenvalue weighted by Crippen LogP contribution is 2.09. The van der Waals surface area contributed by atoms with Gasteiger partial charge < -0.3 is 11.1 Å². The van der Waals surface area contributed by atoms with Crippen molar-refractivity contribution in [3.05, 3.63) is 45.9 Å². The number of aryl methyl sites for hydroxylation is 2. The molecule has 1 aromatic carbocycles. The molecule has 0 saturated carbocycles. The third-order valence-corrected chi connectivity index (χ3v) is 3.69. The van der Waals surface area contributed by atoms with Crippen LogP contribution in [0.5, 0.6) is 0 Å². The third-order valence-electron chi connectivity index (χ3n) is 2.72. The standard InChI is InChI=1S/C14H17N3OS/c1-10-9-19-14(17-10)8-16-13(18)7-4-11-2-5-12(15)6-3-11/h2-3,5-6,9H,4,7-8,15H2,1H3,(H,16,18). The molecule has 0 atom stereocenters. The van der Waals surface area contributed by atoms with Gasteiger partial charge in [-0.1, -0.05) is 12.1 Å². The van der Waals surface area contributed by atoms with Gasteiger partial charge in [0.15, 0.2) is 0 Å². The molecule has 0 fully saturated rings. The molecule has 2 rings (SSSR count). The molecule has 0 bridgehead atoms. The number of carbonyl (C=O) groups is 1. The van der Waals surface area contributed by atoms with Gasteiger partial charge in [-0.2, -0.15) is 0 Å². The molecule has 2 aromatic rings. The summed E-state index contributed by atoms with van der Waals surface area (Å²) in [6.45, 7) is 2.46. The number of aromatic nitrogens is 1. The van der Waals surface area contributed by atoms with Crippen molar-refractivity contribution >= 4 is 22.9 Å². The highest BCUT2D eigenvalue weighted by molar-refractivity contribution is 7.09. The van der Waals surface area contributed by atoms with Crippen molar-refractivity contribution in [2.75, 3.05) is 5.73 Å². The second-order valence-corrected chi connectivity index (χ2v) is 5.34. The maximum Gasteiger partial charge on any atom is 0.220 e. The number of thiazole rings is 1. The van der Waals surface area contributed by atoms with Crippen LogP contribution in [0.4, 0.5) is 5.69 Å². The minimum atomic E-state index is 0.0460. The Hall–Kier alpha value is -1.88. The number of nitrogens with two attached hydrogens (primary N) is 1. The van der Waals surface area contributed by atoms with Crippen molar-refractivity contribution < 1.29 is 4.79 Å². The van der Waals surface area contributed by atoms with Crippen molar-refractivity contribution in [3.63, 3.8) is 0 Å². The van der Waals surface area contributed by atoms with Crippen molar-refractivity contribution in [1.82, 2.24) is 10.3 Å². The van der Waals surface area contributed by atoms with Gasteiger partial charge in [0.05, 0.1) is 6.54 Å². The molecule has 5 heteroatoms. The van der Waals surface area contributed by atoms with Gasteiger partial charge in [-0.25, -0.2) is 4.98 Å². The molecular weight excluding hydrogens is 258 g/mol. The van der Waals surface area contributed by atoms with E-state index in [2.05, 4.69) is 10.3 Å².